The molecule has 0 radical (unpaired) electrons. The molecule has 0 spiro atoms. The summed E-state index contributed by atoms with van der Waals surface area (Å²) in [5, 5.41) is 3.69. The molecule has 0 aliphatic carbocycles. The first-order valence-corrected chi connectivity index (χ1v) is 8.20. The van der Waals surface area contributed by atoms with Crippen LogP contribution in [0.1, 0.15) is 60.3 Å². The molecule has 0 saturated carbocycles. The molecular formula is C16H34N2O. The van der Waals surface area contributed by atoms with Crippen molar-refractivity contribution < 1.29 is 4.74 Å². The molecule has 1 N–H and O–H groups in total. The van der Waals surface area contributed by atoms with Crippen molar-refractivity contribution in [3.63, 3.8) is 0 Å². The van der Waals surface area contributed by atoms with Crippen LogP contribution in [-0.4, -0.2) is 48.8 Å². The van der Waals surface area contributed by atoms with Gasteiger partial charge in [-0.3, -0.25) is 4.90 Å². The number of nitrogens with zero attached hydrogens (tertiary/aromatic N) is 1. The van der Waals surface area contributed by atoms with E-state index in [4.69, 9.17) is 4.74 Å². The van der Waals surface area contributed by atoms with E-state index in [0.717, 1.165) is 13.2 Å². The highest BCUT2D eigenvalue weighted by molar-refractivity contribution is 5.00. The van der Waals surface area contributed by atoms with E-state index in [1.54, 1.807) is 0 Å². The van der Waals surface area contributed by atoms with Crippen molar-refractivity contribution >= 4 is 0 Å². The summed E-state index contributed by atoms with van der Waals surface area (Å²) in [6.07, 6.45) is 5.41. The van der Waals surface area contributed by atoms with Gasteiger partial charge in [0.25, 0.3) is 0 Å². The second-order valence-electron chi connectivity index (χ2n) is 6.00. The van der Waals surface area contributed by atoms with Gasteiger partial charge in [-0.05, 0) is 59.2 Å². The second-order valence-corrected chi connectivity index (χ2v) is 6.00. The maximum Gasteiger partial charge on any atom is 0.0641 e. The SMILES string of the molecule is CCNC(COC(C)C)C(CC)(CC)N1CCCC1. The summed E-state index contributed by atoms with van der Waals surface area (Å²) in [6, 6.07) is 0.438. The predicted molar refractivity (Wildman–Crippen MR) is 82.7 cm³/mol. The summed E-state index contributed by atoms with van der Waals surface area (Å²) in [6.45, 7) is 15.5. The van der Waals surface area contributed by atoms with E-state index in [1.165, 1.54) is 38.8 Å². The molecule has 0 aromatic rings. The van der Waals surface area contributed by atoms with E-state index in [2.05, 4.69) is 44.8 Å². The van der Waals surface area contributed by atoms with Crippen LogP contribution in [-0.2, 0) is 4.74 Å². The molecule has 1 heterocycles. The number of ether oxygens (including phenoxy) is 1. The largest absolute Gasteiger partial charge is 0.377 e. The van der Waals surface area contributed by atoms with Crippen LogP contribution in [0.4, 0.5) is 0 Å². The minimum Gasteiger partial charge on any atom is -0.377 e. The minimum atomic E-state index is 0.265. The molecule has 1 unspecified atom stereocenters. The number of likely N-dealkylation sites (tertiary alicyclic amines) is 1. The lowest BCUT2D eigenvalue weighted by Gasteiger charge is -2.47. The molecule has 3 nitrogen and oxygen atoms in total. The number of hydrogen-bond acceptors (Lipinski definition) is 3. The highest BCUT2D eigenvalue weighted by Crippen LogP contribution is 2.32. The third kappa shape index (κ3) is 4.17. The van der Waals surface area contributed by atoms with Gasteiger partial charge >= 0.3 is 0 Å². The first-order valence-electron chi connectivity index (χ1n) is 8.20. The van der Waals surface area contributed by atoms with Gasteiger partial charge in [0.2, 0.25) is 0 Å². The summed E-state index contributed by atoms with van der Waals surface area (Å²) in [5.74, 6) is 0. The Morgan fingerprint density at radius 2 is 1.68 bits per heavy atom. The molecular weight excluding hydrogens is 236 g/mol. The fourth-order valence-corrected chi connectivity index (χ4v) is 3.51. The molecule has 1 rings (SSSR count). The van der Waals surface area contributed by atoms with Crippen LogP contribution in [0.15, 0.2) is 0 Å². The van der Waals surface area contributed by atoms with E-state index in [9.17, 15) is 0 Å². The zero-order valence-corrected chi connectivity index (χ0v) is 13.7. The number of hydrogen-bond donors (Lipinski definition) is 1. The smallest absolute Gasteiger partial charge is 0.0641 e. The van der Waals surface area contributed by atoms with E-state index < -0.39 is 0 Å². The van der Waals surface area contributed by atoms with Crippen molar-refractivity contribution in [2.24, 2.45) is 0 Å². The maximum atomic E-state index is 5.94. The lowest BCUT2D eigenvalue weighted by molar-refractivity contribution is -0.00715. The standard InChI is InChI=1S/C16H34N2O/c1-6-16(7-2,18-11-9-10-12-18)15(17-8-3)13-19-14(4)5/h14-15,17H,6-13H2,1-5H3. The summed E-state index contributed by atoms with van der Waals surface area (Å²) >= 11 is 0. The van der Waals surface area contributed by atoms with Gasteiger partial charge in [-0.15, -0.1) is 0 Å². The van der Waals surface area contributed by atoms with Gasteiger partial charge < -0.3 is 10.1 Å². The zero-order chi connectivity index (χ0) is 14.3. The molecule has 1 aliphatic heterocycles. The van der Waals surface area contributed by atoms with Crippen molar-refractivity contribution in [1.29, 1.82) is 0 Å². The third-order valence-corrected chi connectivity index (χ3v) is 4.66. The average molecular weight is 270 g/mol. The molecule has 1 aliphatic rings. The van der Waals surface area contributed by atoms with Crippen LogP contribution in [0.5, 0.6) is 0 Å². The molecule has 0 amide bonds. The van der Waals surface area contributed by atoms with Gasteiger partial charge in [-0.25, -0.2) is 0 Å². The van der Waals surface area contributed by atoms with Crippen molar-refractivity contribution in [3.8, 4) is 0 Å². The minimum absolute atomic E-state index is 0.265. The molecule has 3 heteroatoms. The van der Waals surface area contributed by atoms with Crippen molar-refractivity contribution in [3.05, 3.63) is 0 Å². The summed E-state index contributed by atoms with van der Waals surface area (Å²) in [7, 11) is 0. The van der Waals surface area contributed by atoms with E-state index in [1.807, 2.05) is 0 Å². The Morgan fingerprint density at radius 3 is 2.11 bits per heavy atom. The average Bonchev–Trinajstić information content (AvgIpc) is 2.92. The summed E-state index contributed by atoms with van der Waals surface area (Å²) in [4.78, 5) is 2.71. The van der Waals surface area contributed by atoms with Gasteiger partial charge in [-0.1, -0.05) is 20.8 Å². The Balaban J connectivity index is 2.82. The highest BCUT2D eigenvalue weighted by atomic mass is 16.5. The molecule has 114 valence electrons. The topological polar surface area (TPSA) is 24.5 Å². The molecule has 0 aromatic carbocycles. The van der Waals surface area contributed by atoms with Crippen molar-refractivity contribution in [2.45, 2.75) is 78.0 Å². The Hall–Kier alpha value is -0.120. The van der Waals surface area contributed by atoms with Crippen LogP contribution in [0.2, 0.25) is 0 Å². The van der Waals surface area contributed by atoms with Crippen LogP contribution in [0.25, 0.3) is 0 Å². The zero-order valence-electron chi connectivity index (χ0n) is 13.7. The Bertz CT molecular complexity index is 233. The van der Waals surface area contributed by atoms with Crippen LogP contribution in [0.3, 0.4) is 0 Å². The van der Waals surface area contributed by atoms with Crippen LogP contribution >= 0.6 is 0 Å². The van der Waals surface area contributed by atoms with Gasteiger partial charge in [0.1, 0.15) is 0 Å². The van der Waals surface area contributed by atoms with E-state index in [0.29, 0.717) is 12.1 Å². The molecule has 0 bridgehead atoms. The number of nitrogens with one attached hydrogen (secondary N) is 1. The Labute approximate surface area is 120 Å². The lowest BCUT2D eigenvalue weighted by atomic mass is 9.83. The van der Waals surface area contributed by atoms with Gasteiger partial charge in [0, 0.05) is 11.6 Å². The van der Waals surface area contributed by atoms with Crippen LogP contribution < -0.4 is 5.32 Å². The highest BCUT2D eigenvalue weighted by Gasteiger charge is 2.41. The number of likely N-dealkylation sites (N-methyl/N-ethyl adjacent to an activating group) is 1. The second kappa shape index (κ2) is 8.23. The maximum absolute atomic E-state index is 5.94. The molecule has 1 fully saturated rings. The van der Waals surface area contributed by atoms with Gasteiger partial charge in [0.15, 0.2) is 0 Å². The lowest BCUT2D eigenvalue weighted by Crippen LogP contribution is -2.62. The summed E-state index contributed by atoms with van der Waals surface area (Å²) < 4.78 is 5.94. The van der Waals surface area contributed by atoms with E-state index in [-0.39, 0.29) is 5.54 Å². The predicted octanol–water partition coefficient (Wildman–Crippen LogP) is 3.04. The fraction of sp³-hybridized carbons (Fsp3) is 1.00. The molecule has 0 aromatic heterocycles. The quantitative estimate of drug-likeness (QED) is 0.697. The first-order chi connectivity index (χ1) is 9.10. The molecule has 19 heavy (non-hydrogen) atoms. The van der Waals surface area contributed by atoms with Crippen molar-refractivity contribution in [2.75, 3.05) is 26.2 Å². The molecule has 1 saturated heterocycles. The van der Waals surface area contributed by atoms with Crippen molar-refractivity contribution in [1.82, 2.24) is 10.2 Å². The van der Waals surface area contributed by atoms with Gasteiger partial charge in [0.05, 0.1) is 12.7 Å². The fourth-order valence-electron chi connectivity index (χ4n) is 3.51. The Kier molecular flexibility index (Phi) is 7.33. The van der Waals surface area contributed by atoms with Gasteiger partial charge in [-0.2, -0.15) is 0 Å². The van der Waals surface area contributed by atoms with Crippen LogP contribution in [0, 0.1) is 0 Å². The molecule has 1 atom stereocenters. The van der Waals surface area contributed by atoms with E-state index >= 15 is 0 Å². The normalized spacial score (nSPS) is 19.3. The Morgan fingerprint density at radius 1 is 1.11 bits per heavy atom. The number of rotatable bonds is 9. The summed E-state index contributed by atoms with van der Waals surface area (Å²) in [5.41, 5.74) is 0.265. The monoisotopic (exact) mass is 270 g/mol. The first kappa shape index (κ1) is 16.9. The third-order valence-electron chi connectivity index (χ3n) is 4.66.